The number of aromatic nitrogens is 2. The van der Waals surface area contributed by atoms with Gasteiger partial charge < -0.3 is 19.9 Å². The number of rotatable bonds is 5. The molecule has 2 heterocycles. The Balaban J connectivity index is 1.69. The van der Waals surface area contributed by atoms with Crippen LogP contribution in [0.25, 0.3) is 0 Å². The highest BCUT2D eigenvalue weighted by Gasteiger charge is 2.40. The van der Waals surface area contributed by atoms with E-state index < -0.39 is 47.4 Å². The molecule has 2 aromatic rings. The van der Waals surface area contributed by atoms with Gasteiger partial charge in [0, 0.05) is 12.1 Å². The SMILES string of the molecule is CCOC(=O)c1ccc(NC(=O)[C@H]2O[C@@H](n3cc(F)c(=O)[nH]c3=O)C[C@@H]2O)cc1. The molecule has 1 fully saturated rings. The molecular weight excluding hydrogens is 389 g/mol. The van der Waals surface area contributed by atoms with Gasteiger partial charge in [-0.3, -0.25) is 19.1 Å². The van der Waals surface area contributed by atoms with Gasteiger partial charge in [-0.1, -0.05) is 0 Å². The van der Waals surface area contributed by atoms with Gasteiger partial charge in [0.05, 0.1) is 24.5 Å². The van der Waals surface area contributed by atoms with Gasteiger partial charge in [-0.15, -0.1) is 0 Å². The third-order valence-electron chi connectivity index (χ3n) is 4.25. The first-order chi connectivity index (χ1) is 13.8. The number of hydrogen-bond donors (Lipinski definition) is 3. The van der Waals surface area contributed by atoms with E-state index in [9.17, 15) is 28.7 Å². The fourth-order valence-electron chi connectivity index (χ4n) is 2.85. The Labute approximate surface area is 162 Å². The van der Waals surface area contributed by atoms with Crippen molar-refractivity contribution in [3.8, 4) is 0 Å². The van der Waals surface area contributed by atoms with Crippen molar-refractivity contribution >= 4 is 17.6 Å². The van der Waals surface area contributed by atoms with Crippen LogP contribution in [0.2, 0.25) is 0 Å². The van der Waals surface area contributed by atoms with Gasteiger partial charge in [0.25, 0.3) is 11.5 Å². The van der Waals surface area contributed by atoms with Gasteiger partial charge in [-0.2, -0.15) is 4.39 Å². The van der Waals surface area contributed by atoms with E-state index in [1.54, 1.807) is 11.9 Å². The normalized spacial score (nSPS) is 21.0. The van der Waals surface area contributed by atoms with E-state index in [1.165, 1.54) is 24.3 Å². The number of H-pyrrole nitrogens is 1. The summed E-state index contributed by atoms with van der Waals surface area (Å²) >= 11 is 0. The Hall–Kier alpha value is -3.31. The molecule has 10 nitrogen and oxygen atoms in total. The molecule has 3 atom stereocenters. The second-order valence-corrected chi connectivity index (χ2v) is 6.25. The Morgan fingerprint density at radius 2 is 2.03 bits per heavy atom. The van der Waals surface area contributed by atoms with Crippen molar-refractivity contribution in [3.05, 3.63) is 62.7 Å². The standard InChI is InChI=1S/C18H18FN3O7/c1-2-28-17(26)9-3-5-10(6-4-9)20-16(25)14-12(23)7-13(29-14)22-8-11(19)15(24)21-18(22)27/h3-6,8,12-14,23H,2,7H2,1H3,(H,20,25)(H,21,24,27)/t12-,13+,14-/m0/s1. The van der Waals surface area contributed by atoms with Crippen molar-refractivity contribution in [2.45, 2.75) is 31.8 Å². The summed E-state index contributed by atoms with van der Waals surface area (Å²) in [6, 6.07) is 5.88. The summed E-state index contributed by atoms with van der Waals surface area (Å²) in [5.41, 5.74) is -1.45. The predicted molar refractivity (Wildman–Crippen MR) is 96.8 cm³/mol. The fraction of sp³-hybridized carbons (Fsp3) is 0.333. The molecule has 0 unspecified atom stereocenters. The number of aliphatic hydroxyl groups is 1. The first-order valence-corrected chi connectivity index (χ1v) is 8.72. The number of aromatic amines is 1. The summed E-state index contributed by atoms with van der Waals surface area (Å²) in [5.74, 6) is -2.39. The van der Waals surface area contributed by atoms with Crippen LogP contribution in [0.15, 0.2) is 40.1 Å². The molecule has 3 rings (SSSR count). The van der Waals surface area contributed by atoms with Gasteiger partial charge in [-0.25, -0.2) is 9.59 Å². The number of carbonyl (C=O) groups is 2. The van der Waals surface area contributed by atoms with Crippen molar-refractivity contribution in [1.29, 1.82) is 0 Å². The highest BCUT2D eigenvalue weighted by molar-refractivity contribution is 5.95. The first-order valence-electron chi connectivity index (χ1n) is 8.72. The van der Waals surface area contributed by atoms with Crippen molar-refractivity contribution in [2.75, 3.05) is 11.9 Å². The summed E-state index contributed by atoms with van der Waals surface area (Å²) in [7, 11) is 0. The average Bonchev–Trinajstić information content (AvgIpc) is 3.07. The monoisotopic (exact) mass is 407 g/mol. The molecule has 3 N–H and O–H groups in total. The number of nitrogens with zero attached hydrogens (tertiary/aromatic N) is 1. The Morgan fingerprint density at radius 1 is 1.34 bits per heavy atom. The van der Waals surface area contributed by atoms with Crippen molar-refractivity contribution in [2.24, 2.45) is 0 Å². The Bertz CT molecular complexity index is 1030. The van der Waals surface area contributed by atoms with Crippen LogP contribution < -0.4 is 16.6 Å². The van der Waals surface area contributed by atoms with Crippen LogP contribution in [0.5, 0.6) is 0 Å². The molecule has 0 bridgehead atoms. The summed E-state index contributed by atoms with van der Waals surface area (Å²) in [6.45, 7) is 1.92. The Kier molecular flexibility index (Phi) is 5.89. The van der Waals surface area contributed by atoms with E-state index in [1.807, 2.05) is 0 Å². The predicted octanol–water partition coefficient (Wildman–Crippen LogP) is 0.139. The first kappa shape index (κ1) is 20.4. The number of amides is 1. The summed E-state index contributed by atoms with van der Waals surface area (Å²) < 4.78 is 24.5. The lowest BCUT2D eigenvalue weighted by Crippen LogP contribution is -2.36. The number of esters is 1. The number of aliphatic hydroxyl groups excluding tert-OH is 1. The number of carbonyl (C=O) groups excluding carboxylic acids is 2. The van der Waals surface area contributed by atoms with Gasteiger partial charge in [0.15, 0.2) is 6.10 Å². The summed E-state index contributed by atoms with van der Waals surface area (Å²) in [5, 5.41) is 12.7. The minimum absolute atomic E-state index is 0.161. The summed E-state index contributed by atoms with van der Waals surface area (Å²) in [4.78, 5) is 48.8. The van der Waals surface area contributed by atoms with E-state index in [0.717, 1.165) is 4.57 Å². The van der Waals surface area contributed by atoms with Crippen LogP contribution in [0, 0.1) is 5.82 Å². The number of anilines is 1. The van der Waals surface area contributed by atoms with Gasteiger partial charge in [0.2, 0.25) is 5.82 Å². The number of ether oxygens (including phenoxy) is 2. The van der Waals surface area contributed by atoms with Gasteiger partial charge in [-0.05, 0) is 31.2 Å². The maximum Gasteiger partial charge on any atom is 0.338 e. The van der Waals surface area contributed by atoms with Crippen LogP contribution >= 0.6 is 0 Å². The third-order valence-corrected chi connectivity index (χ3v) is 4.25. The number of benzene rings is 1. The quantitative estimate of drug-likeness (QED) is 0.599. The minimum Gasteiger partial charge on any atom is -0.462 e. The topological polar surface area (TPSA) is 140 Å². The zero-order valence-electron chi connectivity index (χ0n) is 15.3. The molecule has 11 heteroatoms. The van der Waals surface area contributed by atoms with Gasteiger partial charge >= 0.3 is 11.7 Å². The van der Waals surface area contributed by atoms with Gasteiger partial charge in [0.1, 0.15) is 6.23 Å². The van der Waals surface area contributed by atoms with Crippen LogP contribution in [0.4, 0.5) is 10.1 Å². The molecule has 0 spiro atoms. The zero-order chi connectivity index (χ0) is 21.1. The molecule has 1 aliphatic rings. The van der Waals surface area contributed by atoms with E-state index in [-0.39, 0.29) is 13.0 Å². The smallest absolute Gasteiger partial charge is 0.338 e. The minimum atomic E-state index is -1.33. The van der Waals surface area contributed by atoms with Crippen LogP contribution in [0.3, 0.4) is 0 Å². The van der Waals surface area contributed by atoms with E-state index in [0.29, 0.717) is 17.4 Å². The van der Waals surface area contributed by atoms with Crippen molar-refractivity contribution in [3.63, 3.8) is 0 Å². The fourth-order valence-corrected chi connectivity index (χ4v) is 2.85. The molecule has 1 aromatic carbocycles. The van der Waals surface area contributed by atoms with E-state index in [4.69, 9.17) is 9.47 Å². The van der Waals surface area contributed by atoms with E-state index >= 15 is 0 Å². The number of hydrogen-bond acceptors (Lipinski definition) is 7. The lowest BCUT2D eigenvalue weighted by molar-refractivity contribution is -0.132. The second-order valence-electron chi connectivity index (χ2n) is 6.25. The molecule has 0 radical (unpaired) electrons. The molecule has 0 saturated carbocycles. The maximum atomic E-state index is 13.5. The maximum absolute atomic E-state index is 13.5. The zero-order valence-corrected chi connectivity index (χ0v) is 15.3. The van der Waals surface area contributed by atoms with Crippen LogP contribution in [-0.2, 0) is 14.3 Å². The lowest BCUT2D eigenvalue weighted by Gasteiger charge is -2.16. The van der Waals surface area contributed by atoms with Crippen molar-refractivity contribution < 1.29 is 28.6 Å². The Morgan fingerprint density at radius 3 is 2.69 bits per heavy atom. The molecular formula is C18H18FN3O7. The molecule has 1 saturated heterocycles. The second kappa shape index (κ2) is 8.37. The van der Waals surface area contributed by atoms with Crippen LogP contribution in [0.1, 0.15) is 29.9 Å². The van der Waals surface area contributed by atoms with E-state index in [2.05, 4.69) is 5.32 Å². The highest BCUT2D eigenvalue weighted by atomic mass is 19.1. The molecule has 1 aromatic heterocycles. The average molecular weight is 407 g/mol. The van der Waals surface area contributed by atoms with Crippen molar-refractivity contribution in [1.82, 2.24) is 9.55 Å². The van der Waals surface area contributed by atoms with Crippen LogP contribution in [-0.4, -0.2) is 45.3 Å². The lowest BCUT2D eigenvalue weighted by atomic mass is 10.1. The molecule has 0 aliphatic carbocycles. The third kappa shape index (κ3) is 4.41. The number of nitrogens with one attached hydrogen (secondary N) is 2. The molecule has 154 valence electrons. The molecule has 1 aliphatic heterocycles. The molecule has 1 amide bonds. The summed E-state index contributed by atoms with van der Waals surface area (Å²) in [6.07, 6.45) is -3.23. The highest BCUT2D eigenvalue weighted by Crippen LogP contribution is 2.28. The number of halogens is 1. The molecule has 29 heavy (non-hydrogen) atoms. The largest absolute Gasteiger partial charge is 0.462 e.